The molecule has 0 fully saturated rings. The Bertz CT molecular complexity index is 1410. The molecule has 3 N–H and O–H groups in total. The maximum absolute atomic E-state index is 12.6. The van der Waals surface area contributed by atoms with E-state index in [2.05, 4.69) is 15.6 Å². The number of ketones is 1. The minimum atomic E-state index is -0.813. The zero-order valence-electron chi connectivity index (χ0n) is 18.0. The van der Waals surface area contributed by atoms with E-state index < -0.39 is 17.4 Å². The summed E-state index contributed by atoms with van der Waals surface area (Å²) in [7, 11) is 0. The summed E-state index contributed by atoms with van der Waals surface area (Å²) >= 11 is 1.60. The summed E-state index contributed by atoms with van der Waals surface area (Å²) in [5.41, 5.74) is 3.14. The summed E-state index contributed by atoms with van der Waals surface area (Å²) in [5.74, 6) is -1.14. The second-order valence-electron chi connectivity index (χ2n) is 7.62. The largest absolute Gasteiger partial charge is 0.360 e. The fourth-order valence-electron chi connectivity index (χ4n) is 3.40. The van der Waals surface area contributed by atoms with Crippen molar-refractivity contribution >= 4 is 45.5 Å². The minimum Gasteiger partial charge on any atom is -0.360 e. The number of fused-ring (bicyclic) bond motifs is 1. The van der Waals surface area contributed by atoms with Gasteiger partial charge in [0.1, 0.15) is 6.04 Å². The van der Waals surface area contributed by atoms with Crippen molar-refractivity contribution < 1.29 is 14.4 Å². The average Bonchev–Trinajstić information content (AvgIpc) is 3.34. The van der Waals surface area contributed by atoms with Gasteiger partial charge in [0.05, 0.1) is 5.56 Å². The van der Waals surface area contributed by atoms with Crippen molar-refractivity contribution in [3.8, 4) is 11.1 Å². The number of hydrogen-bond donors (Lipinski definition) is 3. The summed E-state index contributed by atoms with van der Waals surface area (Å²) in [6, 6.07) is 13.2. The molecular weight excluding hydrogens is 438 g/mol. The number of carbonyl (C=O) groups excluding carboxylic acids is 3. The molecule has 2 aromatic heterocycles. The first-order valence-electron chi connectivity index (χ1n) is 10.2. The molecule has 33 heavy (non-hydrogen) atoms. The van der Waals surface area contributed by atoms with Gasteiger partial charge in [0.25, 0.3) is 5.91 Å². The Morgan fingerprint density at radius 3 is 2.42 bits per heavy atom. The zero-order chi connectivity index (χ0) is 23.5. The summed E-state index contributed by atoms with van der Waals surface area (Å²) in [4.78, 5) is 52.3. The molecule has 0 aliphatic heterocycles. The van der Waals surface area contributed by atoms with Crippen molar-refractivity contribution in [2.24, 2.45) is 0 Å². The number of hydrogen-bond acceptors (Lipinski definition) is 5. The van der Waals surface area contributed by atoms with Crippen LogP contribution in [0.2, 0.25) is 0 Å². The van der Waals surface area contributed by atoms with Crippen molar-refractivity contribution in [1.29, 1.82) is 0 Å². The number of rotatable bonds is 6. The van der Waals surface area contributed by atoms with Crippen LogP contribution in [0.25, 0.3) is 22.0 Å². The van der Waals surface area contributed by atoms with Gasteiger partial charge in [-0.2, -0.15) is 11.3 Å². The first kappa shape index (κ1) is 22.2. The average molecular weight is 460 g/mol. The topological polar surface area (TPSA) is 108 Å². The van der Waals surface area contributed by atoms with Gasteiger partial charge in [-0.3, -0.25) is 19.2 Å². The maximum Gasteiger partial charge on any atom is 0.251 e. The molecule has 0 radical (unpaired) electrons. The van der Waals surface area contributed by atoms with Gasteiger partial charge in [0.2, 0.25) is 5.91 Å². The highest BCUT2D eigenvalue weighted by atomic mass is 32.1. The minimum absolute atomic E-state index is 0.0524. The van der Waals surface area contributed by atoms with Crippen molar-refractivity contribution in [1.82, 2.24) is 10.3 Å². The molecule has 0 saturated heterocycles. The van der Waals surface area contributed by atoms with E-state index in [-0.39, 0.29) is 17.3 Å². The van der Waals surface area contributed by atoms with Crippen molar-refractivity contribution in [2.45, 2.75) is 19.9 Å². The SMILES string of the molecule is CC(=O)c1c[nH]c2ccc(NC(=O)[C@H](C)NC(=O)c3ccc(-c4ccsc4)cc3)cc2c1=O. The quantitative estimate of drug-likeness (QED) is 0.375. The highest BCUT2D eigenvalue weighted by Crippen LogP contribution is 2.22. The lowest BCUT2D eigenvalue weighted by Crippen LogP contribution is -2.41. The van der Waals surface area contributed by atoms with Crippen LogP contribution in [0.15, 0.2) is 70.3 Å². The van der Waals surface area contributed by atoms with E-state index in [0.29, 0.717) is 22.2 Å². The Kier molecular flexibility index (Phi) is 6.19. The van der Waals surface area contributed by atoms with Gasteiger partial charge in [-0.15, -0.1) is 0 Å². The van der Waals surface area contributed by atoms with Gasteiger partial charge >= 0.3 is 0 Å². The van der Waals surface area contributed by atoms with Crippen molar-refractivity contribution in [3.63, 3.8) is 0 Å². The standard InChI is InChI=1S/C25H21N3O4S/c1-14(27-25(32)17-5-3-16(4-6-17)18-9-10-33-13-18)24(31)28-19-7-8-22-20(11-19)23(30)21(12-26-22)15(2)29/h3-14H,1-2H3,(H,26,30)(H,27,32)(H,28,31)/t14-/m0/s1. The lowest BCUT2D eigenvalue weighted by molar-refractivity contribution is -0.117. The predicted molar refractivity (Wildman–Crippen MR) is 130 cm³/mol. The molecular formula is C25H21N3O4S. The number of amides is 2. The normalized spacial score (nSPS) is 11.7. The number of anilines is 1. The van der Waals surface area contributed by atoms with Crippen LogP contribution in [-0.4, -0.2) is 28.6 Å². The Morgan fingerprint density at radius 2 is 1.76 bits per heavy atom. The second kappa shape index (κ2) is 9.22. The molecule has 0 aliphatic carbocycles. The Hall–Kier alpha value is -4.04. The third kappa shape index (κ3) is 4.75. The smallest absolute Gasteiger partial charge is 0.251 e. The monoisotopic (exact) mass is 459 g/mol. The molecule has 0 unspecified atom stereocenters. The first-order valence-corrected chi connectivity index (χ1v) is 11.2. The van der Waals surface area contributed by atoms with Crippen molar-refractivity contribution in [3.05, 3.63) is 86.8 Å². The molecule has 4 rings (SSSR count). The van der Waals surface area contributed by atoms with Gasteiger partial charge in [-0.25, -0.2) is 0 Å². The van der Waals surface area contributed by atoms with Gasteiger partial charge in [0.15, 0.2) is 11.2 Å². The summed E-state index contributed by atoms with van der Waals surface area (Å²) in [6.45, 7) is 2.90. The van der Waals surface area contributed by atoms with Crippen LogP contribution < -0.4 is 16.1 Å². The summed E-state index contributed by atoms with van der Waals surface area (Å²) in [6.07, 6.45) is 1.38. The number of Topliss-reactive ketones (excluding diaryl/α,β-unsaturated/α-hetero) is 1. The number of aromatic nitrogens is 1. The molecule has 0 saturated carbocycles. The van der Waals surface area contributed by atoms with Crippen molar-refractivity contribution in [2.75, 3.05) is 5.32 Å². The molecule has 2 heterocycles. The number of thiophene rings is 1. The molecule has 7 nitrogen and oxygen atoms in total. The van der Waals surface area contributed by atoms with E-state index in [0.717, 1.165) is 11.1 Å². The highest BCUT2D eigenvalue weighted by molar-refractivity contribution is 7.08. The molecule has 0 bridgehead atoms. The predicted octanol–water partition coefficient (Wildman–Crippen LogP) is 4.22. The van der Waals surface area contributed by atoms with Crippen LogP contribution in [0.4, 0.5) is 5.69 Å². The third-order valence-corrected chi connectivity index (χ3v) is 5.95. The Morgan fingerprint density at radius 1 is 1.00 bits per heavy atom. The number of H-pyrrole nitrogens is 1. The molecule has 4 aromatic rings. The van der Waals surface area contributed by atoms with Crippen LogP contribution in [0, 0.1) is 0 Å². The molecule has 0 spiro atoms. The van der Waals surface area contributed by atoms with E-state index in [4.69, 9.17) is 0 Å². The Balaban J connectivity index is 1.44. The van der Waals surface area contributed by atoms with Gasteiger partial charge in [0, 0.05) is 28.4 Å². The fourth-order valence-corrected chi connectivity index (χ4v) is 4.06. The Labute approximate surface area is 193 Å². The number of pyridine rings is 1. The molecule has 8 heteroatoms. The van der Waals surface area contributed by atoms with E-state index in [1.165, 1.54) is 19.2 Å². The van der Waals surface area contributed by atoms with Crippen LogP contribution in [0.1, 0.15) is 34.6 Å². The van der Waals surface area contributed by atoms with E-state index >= 15 is 0 Å². The highest BCUT2D eigenvalue weighted by Gasteiger charge is 2.18. The zero-order valence-corrected chi connectivity index (χ0v) is 18.8. The maximum atomic E-state index is 12.6. The van der Waals surface area contributed by atoms with E-state index in [1.54, 1.807) is 42.5 Å². The second-order valence-corrected chi connectivity index (χ2v) is 8.40. The van der Waals surface area contributed by atoms with Gasteiger partial charge < -0.3 is 15.6 Å². The molecule has 1 atom stereocenters. The van der Waals surface area contributed by atoms with Crippen LogP contribution >= 0.6 is 11.3 Å². The van der Waals surface area contributed by atoms with Gasteiger partial charge in [-0.1, -0.05) is 12.1 Å². The number of benzene rings is 2. The number of nitrogens with one attached hydrogen (secondary N) is 3. The lowest BCUT2D eigenvalue weighted by Gasteiger charge is -2.15. The molecule has 166 valence electrons. The molecule has 0 aliphatic rings. The third-order valence-electron chi connectivity index (χ3n) is 5.27. The fraction of sp³-hybridized carbons (Fsp3) is 0.120. The number of aromatic amines is 1. The van der Waals surface area contributed by atoms with Gasteiger partial charge in [-0.05, 0) is 72.1 Å². The first-order chi connectivity index (χ1) is 15.8. The molecule has 2 amide bonds. The molecule has 2 aromatic carbocycles. The number of carbonyl (C=O) groups is 3. The summed E-state index contributed by atoms with van der Waals surface area (Å²) in [5, 5.41) is 9.70. The summed E-state index contributed by atoms with van der Waals surface area (Å²) < 4.78 is 0. The van der Waals surface area contributed by atoms with E-state index in [9.17, 15) is 19.2 Å². The lowest BCUT2D eigenvalue weighted by atomic mass is 10.1. The van der Waals surface area contributed by atoms with Crippen LogP contribution in [0.5, 0.6) is 0 Å². The van der Waals surface area contributed by atoms with Crippen LogP contribution in [-0.2, 0) is 4.79 Å². The van der Waals surface area contributed by atoms with Crippen LogP contribution in [0.3, 0.4) is 0 Å². The van der Waals surface area contributed by atoms with E-state index in [1.807, 2.05) is 29.0 Å².